The van der Waals surface area contributed by atoms with E-state index in [0.717, 1.165) is 5.56 Å². The van der Waals surface area contributed by atoms with Crippen LogP contribution in [0.5, 0.6) is 17.2 Å². The van der Waals surface area contributed by atoms with Crippen molar-refractivity contribution < 1.29 is 19.1 Å². The second kappa shape index (κ2) is 8.06. The summed E-state index contributed by atoms with van der Waals surface area (Å²) in [6.07, 6.45) is 0.123. The molecule has 6 heteroatoms. The van der Waals surface area contributed by atoms with Crippen LogP contribution in [0.3, 0.4) is 0 Å². The third kappa shape index (κ3) is 4.06. The van der Waals surface area contributed by atoms with Crippen molar-refractivity contribution in [2.24, 2.45) is 0 Å². The molecule has 4 rings (SSSR count). The second-order valence-corrected chi connectivity index (χ2v) is 6.66. The molecule has 0 saturated heterocycles. The van der Waals surface area contributed by atoms with E-state index in [4.69, 9.17) is 9.47 Å². The van der Waals surface area contributed by atoms with Crippen LogP contribution in [-0.4, -0.2) is 18.9 Å². The molecule has 1 heterocycles. The van der Waals surface area contributed by atoms with Crippen LogP contribution in [0, 0.1) is 0 Å². The smallest absolute Gasteiger partial charge is 0.232 e. The van der Waals surface area contributed by atoms with Crippen LogP contribution >= 0.6 is 0 Å². The van der Waals surface area contributed by atoms with Crippen LogP contribution in [0.25, 0.3) is 0 Å². The molecule has 0 aliphatic carbocycles. The van der Waals surface area contributed by atoms with Crippen LogP contribution in [0.4, 0.5) is 11.4 Å². The number of hydrogen-bond acceptors (Lipinski definition) is 4. The standard InChI is InChI=1S/C23H20N2O4/c1-28-20-8-4-5-9-21(20)29-16-12-10-15(11-13-16)24-23(27)18-14-22(26)25-19-7-3-2-6-17(18)19/h2-13,18H,14H2,1H3,(H,24,27)(H,25,26). The van der Waals surface area contributed by atoms with Gasteiger partial charge in [-0.25, -0.2) is 0 Å². The van der Waals surface area contributed by atoms with Gasteiger partial charge in [0.1, 0.15) is 5.75 Å². The highest BCUT2D eigenvalue weighted by Crippen LogP contribution is 2.34. The SMILES string of the molecule is COc1ccccc1Oc1ccc(NC(=O)C2CC(=O)Nc3ccccc32)cc1. The molecule has 1 atom stereocenters. The van der Waals surface area contributed by atoms with Crippen molar-refractivity contribution in [2.75, 3.05) is 17.7 Å². The number of nitrogens with one attached hydrogen (secondary N) is 2. The van der Waals surface area contributed by atoms with Gasteiger partial charge in [0.25, 0.3) is 0 Å². The number of benzene rings is 3. The van der Waals surface area contributed by atoms with Gasteiger partial charge in [0.15, 0.2) is 11.5 Å². The topological polar surface area (TPSA) is 76.7 Å². The average Bonchev–Trinajstić information content (AvgIpc) is 2.75. The first kappa shape index (κ1) is 18.6. The molecule has 29 heavy (non-hydrogen) atoms. The van der Waals surface area contributed by atoms with Gasteiger partial charge in [-0.3, -0.25) is 9.59 Å². The number of ether oxygens (including phenoxy) is 2. The van der Waals surface area contributed by atoms with E-state index in [2.05, 4.69) is 10.6 Å². The largest absolute Gasteiger partial charge is 0.493 e. The summed E-state index contributed by atoms with van der Waals surface area (Å²) in [5, 5.41) is 5.69. The summed E-state index contributed by atoms with van der Waals surface area (Å²) in [6, 6.07) is 21.8. The molecule has 1 unspecified atom stereocenters. The molecular weight excluding hydrogens is 368 g/mol. The predicted molar refractivity (Wildman–Crippen MR) is 111 cm³/mol. The van der Waals surface area contributed by atoms with Gasteiger partial charge in [-0.15, -0.1) is 0 Å². The number of carbonyl (C=O) groups excluding carboxylic acids is 2. The van der Waals surface area contributed by atoms with Gasteiger partial charge in [0.2, 0.25) is 11.8 Å². The molecule has 1 aliphatic rings. The molecule has 0 bridgehead atoms. The number of hydrogen-bond donors (Lipinski definition) is 2. The monoisotopic (exact) mass is 388 g/mol. The lowest BCUT2D eigenvalue weighted by Gasteiger charge is -2.24. The number of fused-ring (bicyclic) bond motifs is 1. The van der Waals surface area contributed by atoms with Crippen molar-refractivity contribution >= 4 is 23.2 Å². The molecule has 2 amide bonds. The lowest BCUT2D eigenvalue weighted by molar-refractivity contribution is -0.123. The fourth-order valence-corrected chi connectivity index (χ4v) is 3.31. The van der Waals surface area contributed by atoms with Gasteiger partial charge in [-0.2, -0.15) is 0 Å². The minimum Gasteiger partial charge on any atom is -0.493 e. The molecule has 0 radical (unpaired) electrons. The van der Waals surface area contributed by atoms with E-state index < -0.39 is 5.92 Å². The van der Waals surface area contributed by atoms with Crippen LogP contribution in [0.15, 0.2) is 72.8 Å². The zero-order valence-corrected chi connectivity index (χ0v) is 15.8. The quantitative estimate of drug-likeness (QED) is 0.672. The van der Waals surface area contributed by atoms with E-state index in [1.165, 1.54) is 0 Å². The Bertz CT molecular complexity index is 1050. The van der Waals surface area contributed by atoms with Gasteiger partial charge in [0, 0.05) is 17.8 Å². The normalized spacial score (nSPS) is 15.1. The Labute approximate surface area is 168 Å². The molecule has 3 aromatic carbocycles. The fourth-order valence-electron chi connectivity index (χ4n) is 3.31. The second-order valence-electron chi connectivity index (χ2n) is 6.66. The highest BCUT2D eigenvalue weighted by molar-refractivity contribution is 6.05. The molecule has 6 nitrogen and oxygen atoms in total. The molecule has 3 aromatic rings. The minimum atomic E-state index is -0.524. The zero-order chi connectivity index (χ0) is 20.2. The van der Waals surface area contributed by atoms with Crippen LogP contribution in [0.2, 0.25) is 0 Å². The Morgan fingerprint density at radius 3 is 2.41 bits per heavy atom. The van der Waals surface area contributed by atoms with Gasteiger partial charge < -0.3 is 20.1 Å². The summed E-state index contributed by atoms with van der Waals surface area (Å²) in [5.74, 6) is 0.963. The van der Waals surface area contributed by atoms with Crippen molar-refractivity contribution in [3.05, 3.63) is 78.4 Å². The summed E-state index contributed by atoms with van der Waals surface area (Å²) in [5.41, 5.74) is 2.14. The average molecular weight is 388 g/mol. The Kier molecular flexibility index (Phi) is 5.16. The third-order valence-corrected chi connectivity index (χ3v) is 4.74. The van der Waals surface area contributed by atoms with Crippen LogP contribution in [0.1, 0.15) is 17.9 Å². The lowest BCUT2D eigenvalue weighted by atomic mass is 9.90. The molecule has 0 spiro atoms. The summed E-state index contributed by atoms with van der Waals surface area (Å²) in [4.78, 5) is 24.7. The fraction of sp³-hybridized carbons (Fsp3) is 0.130. The number of amides is 2. The summed E-state index contributed by atoms with van der Waals surface area (Å²) in [6.45, 7) is 0. The number of anilines is 2. The Morgan fingerprint density at radius 2 is 1.66 bits per heavy atom. The van der Waals surface area contributed by atoms with E-state index in [9.17, 15) is 9.59 Å². The first-order chi connectivity index (χ1) is 14.1. The Morgan fingerprint density at radius 1 is 0.966 bits per heavy atom. The highest BCUT2D eigenvalue weighted by atomic mass is 16.5. The maximum atomic E-state index is 12.8. The van der Waals surface area contributed by atoms with Crippen molar-refractivity contribution in [1.82, 2.24) is 0 Å². The van der Waals surface area contributed by atoms with Crippen molar-refractivity contribution in [3.63, 3.8) is 0 Å². The molecule has 0 saturated carbocycles. The van der Waals surface area contributed by atoms with Gasteiger partial charge in [-0.05, 0) is 48.0 Å². The predicted octanol–water partition coefficient (Wildman–Crippen LogP) is 4.55. The molecule has 2 N–H and O–H groups in total. The Hall–Kier alpha value is -3.80. The van der Waals surface area contributed by atoms with Crippen molar-refractivity contribution in [1.29, 1.82) is 0 Å². The molecular formula is C23H20N2O4. The van der Waals surface area contributed by atoms with Crippen molar-refractivity contribution in [3.8, 4) is 17.2 Å². The van der Waals surface area contributed by atoms with Gasteiger partial charge in [-0.1, -0.05) is 30.3 Å². The van der Waals surface area contributed by atoms with Crippen molar-refractivity contribution in [2.45, 2.75) is 12.3 Å². The zero-order valence-electron chi connectivity index (χ0n) is 15.8. The molecule has 146 valence electrons. The van der Waals surface area contributed by atoms with Crippen LogP contribution < -0.4 is 20.1 Å². The maximum absolute atomic E-state index is 12.8. The first-order valence-corrected chi connectivity index (χ1v) is 9.24. The minimum absolute atomic E-state index is 0.123. The summed E-state index contributed by atoms with van der Waals surface area (Å²) >= 11 is 0. The number of carbonyl (C=O) groups is 2. The van der Waals surface area contributed by atoms with Gasteiger partial charge in [0.05, 0.1) is 13.0 Å². The molecule has 0 fully saturated rings. The third-order valence-electron chi connectivity index (χ3n) is 4.74. The highest BCUT2D eigenvalue weighted by Gasteiger charge is 2.30. The molecule has 1 aliphatic heterocycles. The molecule has 0 aromatic heterocycles. The summed E-state index contributed by atoms with van der Waals surface area (Å²) < 4.78 is 11.1. The van der Waals surface area contributed by atoms with Crippen LogP contribution in [-0.2, 0) is 9.59 Å². The van der Waals surface area contributed by atoms with E-state index in [1.54, 1.807) is 37.4 Å². The number of methoxy groups -OCH3 is 1. The van der Waals surface area contributed by atoms with Gasteiger partial charge >= 0.3 is 0 Å². The first-order valence-electron chi connectivity index (χ1n) is 9.24. The van der Waals surface area contributed by atoms with E-state index in [0.29, 0.717) is 28.6 Å². The van der Waals surface area contributed by atoms with E-state index >= 15 is 0 Å². The number of rotatable bonds is 5. The number of para-hydroxylation sites is 3. The van der Waals surface area contributed by atoms with E-state index in [-0.39, 0.29) is 18.2 Å². The maximum Gasteiger partial charge on any atom is 0.232 e. The summed E-state index contributed by atoms with van der Waals surface area (Å²) in [7, 11) is 1.59. The lowest BCUT2D eigenvalue weighted by Crippen LogP contribution is -2.30. The van der Waals surface area contributed by atoms with E-state index in [1.807, 2.05) is 42.5 Å². The Balaban J connectivity index is 1.47.